The smallest absolute Gasteiger partial charge is 0.0793 e. The molecule has 94 valence electrons. The number of aliphatic hydroxyl groups is 1. The highest BCUT2D eigenvalue weighted by Gasteiger charge is 2.08. The van der Waals surface area contributed by atoms with Crippen molar-refractivity contribution in [3.8, 4) is 0 Å². The van der Waals surface area contributed by atoms with E-state index >= 15 is 0 Å². The zero-order valence-electron chi connectivity index (χ0n) is 10.4. The largest absolute Gasteiger partial charge is 0.388 e. The zero-order chi connectivity index (χ0) is 13.0. The number of hydrogen-bond donors (Lipinski definition) is 1. The summed E-state index contributed by atoms with van der Waals surface area (Å²) in [6.07, 6.45) is 1.13. The van der Waals surface area contributed by atoms with Gasteiger partial charge in [0.25, 0.3) is 0 Å². The van der Waals surface area contributed by atoms with Gasteiger partial charge in [-0.3, -0.25) is 0 Å². The van der Waals surface area contributed by atoms with Crippen LogP contribution in [0.25, 0.3) is 0 Å². The first-order valence-corrected chi connectivity index (χ1v) is 6.52. The molecule has 2 aromatic rings. The first kappa shape index (κ1) is 13.1. The Hall–Kier alpha value is -1.31. The highest BCUT2D eigenvalue weighted by atomic mass is 35.5. The molecular formula is C16H17ClO. The normalized spacial score (nSPS) is 12.4. The van der Waals surface area contributed by atoms with Crippen LogP contribution in [0.15, 0.2) is 48.5 Å². The first-order valence-electron chi connectivity index (χ1n) is 6.14. The van der Waals surface area contributed by atoms with Crippen LogP contribution >= 0.6 is 11.6 Å². The van der Waals surface area contributed by atoms with E-state index in [9.17, 15) is 5.11 Å². The molecule has 1 atom stereocenters. The highest BCUT2D eigenvalue weighted by molar-refractivity contribution is 6.30. The summed E-state index contributed by atoms with van der Waals surface area (Å²) in [4.78, 5) is 0. The average molecular weight is 261 g/mol. The van der Waals surface area contributed by atoms with Gasteiger partial charge in [-0.25, -0.2) is 0 Å². The lowest BCUT2D eigenvalue weighted by Gasteiger charge is -2.11. The molecule has 2 rings (SSSR count). The second kappa shape index (κ2) is 6.03. The molecule has 18 heavy (non-hydrogen) atoms. The van der Waals surface area contributed by atoms with Crippen LogP contribution in [-0.2, 0) is 6.42 Å². The van der Waals surface area contributed by atoms with Crippen molar-refractivity contribution < 1.29 is 5.11 Å². The fourth-order valence-corrected chi connectivity index (χ4v) is 2.25. The molecule has 1 N–H and O–H groups in total. The van der Waals surface area contributed by atoms with Gasteiger partial charge < -0.3 is 5.11 Å². The maximum atomic E-state index is 10.1. The molecule has 0 saturated carbocycles. The third kappa shape index (κ3) is 3.59. The standard InChI is InChI=1S/C16H17ClO/c1-12-4-2-5-13(10-12)8-9-16(18)14-6-3-7-15(17)11-14/h2-7,10-11,16,18H,8-9H2,1H3. The second-order valence-electron chi connectivity index (χ2n) is 4.60. The molecule has 0 spiro atoms. The lowest BCUT2D eigenvalue weighted by atomic mass is 10.0. The van der Waals surface area contributed by atoms with E-state index in [-0.39, 0.29) is 0 Å². The van der Waals surface area contributed by atoms with Gasteiger partial charge >= 0.3 is 0 Å². The van der Waals surface area contributed by atoms with Crippen molar-refractivity contribution in [1.29, 1.82) is 0 Å². The molecule has 0 aromatic heterocycles. The van der Waals surface area contributed by atoms with E-state index in [1.807, 2.05) is 24.3 Å². The fourth-order valence-electron chi connectivity index (χ4n) is 2.05. The molecule has 0 heterocycles. The van der Waals surface area contributed by atoms with Gasteiger partial charge in [0.2, 0.25) is 0 Å². The molecular weight excluding hydrogens is 244 g/mol. The molecule has 0 aliphatic heterocycles. The number of aliphatic hydroxyl groups excluding tert-OH is 1. The van der Waals surface area contributed by atoms with Crippen LogP contribution in [0.5, 0.6) is 0 Å². The Morgan fingerprint density at radius 3 is 2.61 bits per heavy atom. The lowest BCUT2D eigenvalue weighted by molar-refractivity contribution is 0.168. The van der Waals surface area contributed by atoms with Crippen molar-refractivity contribution in [2.45, 2.75) is 25.9 Å². The monoisotopic (exact) mass is 260 g/mol. The van der Waals surface area contributed by atoms with Crippen LogP contribution < -0.4 is 0 Å². The van der Waals surface area contributed by atoms with Gasteiger partial charge in [-0.1, -0.05) is 53.6 Å². The third-order valence-electron chi connectivity index (χ3n) is 3.02. The van der Waals surface area contributed by atoms with Crippen LogP contribution in [0.4, 0.5) is 0 Å². The molecule has 0 radical (unpaired) electrons. The predicted molar refractivity (Wildman–Crippen MR) is 75.9 cm³/mol. The Bertz CT molecular complexity index is 522. The number of halogens is 1. The van der Waals surface area contributed by atoms with Gasteiger partial charge in [-0.15, -0.1) is 0 Å². The third-order valence-corrected chi connectivity index (χ3v) is 3.26. The topological polar surface area (TPSA) is 20.2 Å². The summed E-state index contributed by atoms with van der Waals surface area (Å²) >= 11 is 5.92. The van der Waals surface area contributed by atoms with Crippen LogP contribution in [0.3, 0.4) is 0 Å². The highest BCUT2D eigenvalue weighted by Crippen LogP contribution is 2.22. The van der Waals surface area contributed by atoms with Crippen LogP contribution in [0.2, 0.25) is 5.02 Å². The Kier molecular flexibility index (Phi) is 4.40. The Labute approximate surface area is 113 Å². The summed E-state index contributed by atoms with van der Waals surface area (Å²) < 4.78 is 0. The molecule has 1 nitrogen and oxygen atoms in total. The molecule has 0 aliphatic carbocycles. The maximum Gasteiger partial charge on any atom is 0.0793 e. The van der Waals surface area contributed by atoms with Gasteiger partial charge in [-0.05, 0) is 43.0 Å². The summed E-state index contributed by atoms with van der Waals surface area (Å²) in [7, 11) is 0. The summed E-state index contributed by atoms with van der Waals surface area (Å²) in [5, 5.41) is 10.8. The number of hydrogen-bond acceptors (Lipinski definition) is 1. The van der Waals surface area contributed by atoms with Crippen LogP contribution in [-0.4, -0.2) is 5.11 Å². The van der Waals surface area contributed by atoms with Gasteiger partial charge in [0, 0.05) is 5.02 Å². The summed E-state index contributed by atoms with van der Waals surface area (Å²) in [6, 6.07) is 15.8. The van der Waals surface area contributed by atoms with E-state index in [2.05, 4.69) is 31.2 Å². The van der Waals surface area contributed by atoms with Crippen LogP contribution in [0, 0.1) is 6.92 Å². The second-order valence-corrected chi connectivity index (χ2v) is 5.03. The molecule has 0 fully saturated rings. The van der Waals surface area contributed by atoms with E-state index in [4.69, 9.17) is 11.6 Å². The summed E-state index contributed by atoms with van der Waals surface area (Å²) in [5.74, 6) is 0. The van der Waals surface area contributed by atoms with Crippen molar-refractivity contribution in [3.63, 3.8) is 0 Å². The van der Waals surface area contributed by atoms with Gasteiger partial charge in [-0.2, -0.15) is 0 Å². The summed E-state index contributed by atoms with van der Waals surface area (Å²) in [5.41, 5.74) is 3.40. The Morgan fingerprint density at radius 1 is 1.11 bits per heavy atom. The van der Waals surface area contributed by atoms with Gasteiger partial charge in [0.15, 0.2) is 0 Å². The molecule has 2 heteroatoms. The first-order chi connectivity index (χ1) is 8.65. The fraction of sp³-hybridized carbons (Fsp3) is 0.250. The van der Waals surface area contributed by atoms with Gasteiger partial charge in [0.1, 0.15) is 0 Å². The minimum Gasteiger partial charge on any atom is -0.388 e. The molecule has 1 unspecified atom stereocenters. The number of benzene rings is 2. The summed E-state index contributed by atoms with van der Waals surface area (Å²) in [6.45, 7) is 2.08. The molecule has 0 saturated heterocycles. The van der Waals surface area contributed by atoms with Crippen molar-refractivity contribution in [2.24, 2.45) is 0 Å². The number of rotatable bonds is 4. The molecule has 0 bridgehead atoms. The van der Waals surface area contributed by atoms with E-state index in [1.54, 1.807) is 0 Å². The van der Waals surface area contributed by atoms with Crippen molar-refractivity contribution in [1.82, 2.24) is 0 Å². The Morgan fingerprint density at radius 2 is 1.89 bits per heavy atom. The van der Waals surface area contributed by atoms with Crippen molar-refractivity contribution in [3.05, 3.63) is 70.2 Å². The van der Waals surface area contributed by atoms with E-state index in [1.165, 1.54) is 11.1 Å². The van der Waals surface area contributed by atoms with E-state index < -0.39 is 6.10 Å². The van der Waals surface area contributed by atoms with Crippen molar-refractivity contribution in [2.75, 3.05) is 0 Å². The number of aryl methyl sites for hydroxylation is 2. The molecule has 0 aliphatic rings. The maximum absolute atomic E-state index is 10.1. The van der Waals surface area contributed by atoms with E-state index in [0.29, 0.717) is 11.4 Å². The lowest BCUT2D eigenvalue weighted by Crippen LogP contribution is -1.99. The minimum atomic E-state index is -0.454. The Balaban J connectivity index is 1.98. The predicted octanol–water partition coefficient (Wildman–Crippen LogP) is 4.31. The molecule has 0 amide bonds. The SMILES string of the molecule is Cc1cccc(CCC(O)c2cccc(Cl)c2)c1. The van der Waals surface area contributed by atoms with Crippen molar-refractivity contribution >= 4 is 11.6 Å². The van der Waals surface area contributed by atoms with E-state index in [0.717, 1.165) is 12.0 Å². The average Bonchev–Trinajstić information content (AvgIpc) is 2.36. The quantitative estimate of drug-likeness (QED) is 0.868. The minimum absolute atomic E-state index is 0.454. The zero-order valence-corrected chi connectivity index (χ0v) is 11.2. The van der Waals surface area contributed by atoms with Crippen LogP contribution in [0.1, 0.15) is 29.2 Å². The molecule has 2 aromatic carbocycles. The van der Waals surface area contributed by atoms with Gasteiger partial charge in [0.05, 0.1) is 6.10 Å².